The zero-order chi connectivity index (χ0) is 16.1. The summed E-state index contributed by atoms with van der Waals surface area (Å²) >= 11 is 0. The first kappa shape index (κ1) is 16.1. The van der Waals surface area contributed by atoms with Gasteiger partial charge in [-0.05, 0) is 19.4 Å². The molecule has 23 heavy (non-hydrogen) atoms. The number of likely N-dealkylation sites (N-methyl/N-ethyl adjacent to an activating group) is 1. The van der Waals surface area contributed by atoms with E-state index in [1.54, 1.807) is 6.07 Å². The minimum absolute atomic E-state index is 0.141. The quantitative estimate of drug-likeness (QED) is 0.853. The summed E-state index contributed by atoms with van der Waals surface area (Å²) in [4.78, 5) is 25.3. The van der Waals surface area contributed by atoms with Crippen LogP contribution in [0.5, 0.6) is 0 Å². The molecule has 1 N–H and O–H groups in total. The molecule has 0 saturated carbocycles. The predicted molar refractivity (Wildman–Crippen MR) is 87.7 cm³/mol. The van der Waals surface area contributed by atoms with Crippen LogP contribution in [0.15, 0.2) is 12.4 Å². The second-order valence-corrected chi connectivity index (χ2v) is 6.03. The highest BCUT2D eigenvalue weighted by Gasteiger charge is 2.20. The molecule has 1 aromatic rings. The minimum Gasteiger partial charge on any atom is -0.376 e. The Labute approximate surface area is 137 Å². The van der Waals surface area contributed by atoms with Crippen molar-refractivity contribution in [1.29, 1.82) is 0 Å². The fourth-order valence-electron chi connectivity index (χ4n) is 3.04. The molecule has 0 aromatic carbocycles. The molecule has 2 aliphatic rings. The molecule has 2 saturated heterocycles. The van der Waals surface area contributed by atoms with Gasteiger partial charge in [-0.15, -0.1) is 0 Å². The third-order valence-corrected chi connectivity index (χ3v) is 4.54. The van der Waals surface area contributed by atoms with Crippen LogP contribution >= 0.6 is 0 Å². The number of aromatic nitrogens is 2. The first-order chi connectivity index (χ1) is 11.3. The van der Waals surface area contributed by atoms with Crippen molar-refractivity contribution >= 4 is 11.7 Å². The Kier molecular flexibility index (Phi) is 5.40. The van der Waals surface area contributed by atoms with E-state index in [1.165, 1.54) is 6.33 Å². The molecule has 2 fully saturated rings. The topological polar surface area (TPSA) is 70.6 Å². The molecule has 126 valence electrons. The van der Waals surface area contributed by atoms with E-state index in [0.717, 1.165) is 58.0 Å². The molecule has 3 heterocycles. The molecule has 1 aromatic heterocycles. The number of amides is 1. The number of carbonyl (C=O) groups excluding carboxylic acids is 1. The van der Waals surface area contributed by atoms with Crippen LogP contribution < -0.4 is 10.2 Å². The summed E-state index contributed by atoms with van der Waals surface area (Å²) < 4.78 is 5.52. The maximum absolute atomic E-state index is 12.3. The van der Waals surface area contributed by atoms with Gasteiger partial charge in [-0.1, -0.05) is 6.92 Å². The van der Waals surface area contributed by atoms with Crippen LogP contribution in [0.4, 0.5) is 5.82 Å². The van der Waals surface area contributed by atoms with E-state index >= 15 is 0 Å². The van der Waals surface area contributed by atoms with Crippen molar-refractivity contribution in [3.8, 4) is 0 Å². The Morgan fingerprint density at radius 1 is 1.35 bits per heavy atom. The summed E-state index contributed by atoms with van der Waals surface area (Å²) in [5.74, 6) is 0.675. The maximum atomic E-state index is 12.3. The molecular formula is C16H25N5O2. The van der Waals surface area contributed by atoms with Crippen molar-refractivity contribution < 1.29 is 9.53 Å². The highest BCUT2D eigenvalue weighted by atomic mass is 16.5. The first-order valence-corrected chi connectivity index (χ1v) is 8.45. The standard InChI is InChI=1S/C16H25N5O2/c1-2-20-5-7-21(8-6-20)15-10-14(18-12-19-15)16(22)17-11-13-4-3-9-23-13/h10,12-13H,2-9,11H2,1H3,(H,17,22). The second kappa shape index (κ2) is 7.70. The Hall–Kier alpha value is -1.73. The van der Waals surface area contributed by atoms with Crippen LogP contribution in [0.3, 0.4) is 0 Å². The van der Waals surface area contributed by atoms with Crippen molar-refractivity contribution in [2.24, 2.45) is 0 Å². The van der Waals surface area contributed by atoms with Crippen molar-refractivity contribution in [3.63, 3.8) is 0 Å². The van der Waals surface area contributed by atoms with E-state index in [1.807, 2.05) is 0 Å². The molecule has 1 amide bonds. The molecule has 0 aliphatic carbocycles. The number of rotatable bonds is 5. The van der Waals surface area contributed by atoms with Gasteiger partial charge in [0.1, 0.15) is 17.8 Å². The largest absolute Gasteiger partial charge is 0.376 e. The summed E-state index contributed by atoms with van der Waals surface area (Å²) in [6.07, 6.45) is 3.70. The zero-order valence-electron chi connectivity index (χ0n) is 13.7. The van der Waals surface area contributed by atoms with Crippen LogP contribution in [0, 0.1) is 0 Å². The molecule has 2 aliphatic heterocycles. The Balaban J connectivity index is 1.57. The van der Waals surface area contributed by atoms with Crippen LogP contribution in [0.2, 0.25) is 0 Å². The number of nitrogens with one attached hydrogen (secondary N) is 1. The lowest BCUT2D eigenvalue weighted by atomic mass is 10.2. The predicted octanol–water partition coefficient (Wildman–Crippen LogP) is 0.527. The number of nitrogens with zero attached hydrogens (tertiary/aromatic N) is 4. The molecular weight excluding hydrogens is 294 g/mol. The lowest BCUT2D eigenvalue weighted by Crippen LogP contribution is -2.46. The summed E-state index contributed by atoms with van der Waals surface area (Å²) in [5, 5.41) is 2.91. The summed E-state index contributed by atoms with van der Waals surface area (Å²) in [6.45, 7) is 8.52. The molecule has 7 nitrogen and oxygen atoms in total. The van der Waals surface area contributed by atoms with Gasteiger partial charge < -0.3 is 19.9 Å². The number of hydrogen-bond donors (Lipinski definition) is 1. The molecule has 0 spiro atoms. The van der Waals surface area contributed by atoms with Gasteiger partial charge in [0.2, 0.25) is 0 Å². The molecule has 0 bridgehead atoms. The van der Waals surface area contributed by atoms with Crippen molar-refractivity contribution in [3.05, 3.63) is 18.1 Å². The van der Waals surface area contributed by atoms with Gasteiger partial charge in [0.05, 0.1) is 6.10 Å². The monoisotopic (exact) mass is 319 g/mol. The Bertz CT molecular complexity index is 525. The third-order valence-electron chi connectivity index (χ3n) is 4.54. The van der Waals surface area contributed by atoms with Crippen LogP contribution in [-0.4, -0.2) is 72.8 Å². The molecule has 3 rings (SSSR count). The fourth-order valence-corrected chi connectivity index (χ4v) is 3.04. The number of piperazine rings is 1. The summed E-state index contributed by atoms with van der Waals surface area (Å²) in [6, 6.07) is 1.78. The zero-order valence-corrected chi connectivity index (χ0v) is 13.7. The molecule has 1 unspecified atom stereocenters. The van der Waals surface area contributed by atoms with E-state index in [0.29, 0.717) is 12.2 Å². The maximum Gasteiger partial charge on any atom is 0.270 e. The van der Waals surface area contributed by atoms with Crippen molar-refractivity contribution in [2.45, 2.75) is 25.9 Å². The second-order valence-electron chi connectivity index (χ2n) is 6.03. The SMILES string of the molecule is CCN1CCN(c2cc(C(=O)NCC3CCCO3)ncn2)CC1. The Morgan fingerprint density at radius 3 is 2.87 bits per heavy atom. The van der Waals surface area contributed by atoms with E-state index < -0.39 is 0 Å². The summed E-state index contributed by atoms with van der Waals surface area (Å²) in [7, 11) is 0. The highest BCUT2D eigenvalue weighted by Crippen LogP contribution is 2.14. The van der Waals surface area contributed by atoms with Crippen LogP contribution in [-0.2, 0) is 4.74 Å². The van der Waals surface area contributed by atoms with Gasteiger partial charge in [0.15, 0.2) is 0 Å². The lowest BCUT2D eigenvalue weighted by molar-refractivity contribution is 0.0853. The highest BCUT2D eigenvalue weighted by molar-refractivity contribution is 5.92. The Morgan fingerprint density at radius 2 is 2.17 bits per heavy atom. The normalized spacial score (nSPS) is 22.3. The number of carbonyl (C=O) groups is 1. The van der Waals surface area contributed by atoms with Crippen molar-refractivity contribution in [1.82, 2.24) is 20.2 Å². The van der Waals surface area contributed by atoms with E-state index in [2.05, 4.69) is 32.0 Å². The third kappa shape index (κ3) is 4.17. The number of anilines is 1. The minimum atomic E-state index is -0.156. The smallest absolute Gasteiger partial charge is 0.270 e. The average molecular weight is 319 g/mol. The lowest BCUT2D eigenvalue weighted by Gasteiger charge is -2.34. The van der Waals surface area contributed by atoms with Crippen LogP contribution in [0.1, 0.15) is 30.3 Å². The van der Waals surface area contributed by atoms with Gasteiger partial charge >= 0.3 is 0 Å². The van der Waals surface area contributed by atoms with Gasteiger partial charge in [-0.2, -0.15) is 0 Å². The van der Waals surface area contributed by atoms with E-state index in [4.69, 9.17) is 4.74 Å². The average Bonchev–Trinajstić information content (AvgIpc) is 3.13. The van der Waals surface area contributed by atoms with Gasteiger partial charge in [-0.3, -0.25) is 4.79 Å². The number of hydrogen-bond acceptors (Lipinski definition) is 6. The van der Waals surface area contributed by atoms with Gasteiger partial charge in [-0.25, -0.2) is 9.97 Å². The fraction of sp³-hybridized carbons (Fsp3) is 0.688. The molecule has 1 atom stereocenters. The van der Waals surface area contributed by atoms with Crippen LogP contribution in [0.25, 0.3) is 0 Å². The van der Waals surface area contributed by atoms with E-state index in [-0.39, 0.29) is 12.0 Å². The van der Waals surface area contributed by atoms with Gasteiger partial charge in [0, 0.05) is 45.4 Å². The molecule has 7 heteroatoms. The number of ether oxygens (including phenoxy) is 1. The molecule has 0 radical (unpaired) electrons. The summed E-state index contributed by atoms with van der Waals surface area (Å²) in [5.41, 5.74) is 0.422. The first-order valence-electron chi connectivity index (χ1n) is 8.45. The van der Waals surface area contributed by atoms with E-state index in [9.17, 15) is 4.79 Å². The van der Waals surface area contributed by atoms with Gasteiger partial charge in [0.25, 0.3) is 5.91 Å². The van der Waals surface area contributed by atoms with Crippen molar-refractivity contribution in [2.75, 3.05) is 50.8 Å².